The molecule has 0 bridgehead atoms. The van der Waals surface area contributed by atoms with E-state index in [-0.39, 0.29) is 12.5 Å². The summed E-state index contributed by atoms with van der Waals surface area (Å²) in [6, 6.07) is 7.56. The first-order valence-corrected chi connectivity index (χ1v) is 5.59. The van der Waals surface area contributed by atoms with Gasteiger partial charge in [0.2, 0.25) is 5.91 Å². The van der Waals surface area contributed by atoms with Gasteiger partial charge in [0.15, 0.2) is 0 Å². The quantitative estimate of drug-likeness (QED) is 0.850. The van der Waals surface area contributed by atoms with Crippen LogP contribution in [-0.4, -0.2) is 26.1 Å². The number of para-hydroxylation sites is 1. The molecule has 1 aromatic heterocycles. The molecule has 6 nitrogen and oxygen atoms in total. The lowest BCUT2D eigenvalue weighted by molar-refractivity contribution is -0.116. The number of carbonyl (C=O) groups is 1. The minimum absolute atomic E-state index is 0.109. The third kappa shape index (κ3) is 2.75. The Hall–Kier alpha value is -1.51. The van der Waals surface area contributed by atoms with E-state index in [2.05, 4.69) is 43.4 Å². The average molecular weight is 329 g/mol. The molecule has 0 aliphatic heterocycles. The van der Waals surface area contributed by atoms with Crippen LogP contribution < -0.4 is 5.32 Å². The summed E-state index contributed by atoms with van der Waals surface area (Å²) >= 11 is 2.16. The number of amides is 1. The summed E-state index contributed by atoms with van der Waals surface area (Å²) in [6.07, 6.45) is 1.40. The van der Waals surface area contributed by atoms with E-state index in [1.165, 1.54) is 11.0 Å². The number of aromatic nitrogens is 4. The molecule has 2 aromatic rings. The van der Waals surface area contributed by atoms with Gasteiger partial charge in [0.05, 0.1) is 5.69 Å². The number of halogens is 1. The number of benzene rings is 1. The van der Waals surface area contributed by atoms with Gasteiger partial charge in [0, 0.05) is 3.57 Å². The van der Waals surface area contributed by atoms with Gasteiger partial charge in [-0.15, -0.1) is 5.10 Å². The van der Waals surface area contributed by atoms with Gasteiger partial charge in [-0.2, -0.15) is 0 Å². The predicted octanol–water partition coefficient (Wildman–Crippen LogP) is 0.916. The minimum Gasteiger partial charge on any atom is -0.324 e. The van der Waals surface area contributed by atoms with Crippen LogP contribution in [0, 0.1) is 3.57 Å². The highest BCUT2D eigenvalue weighted by molar-refractivity contribution is 14.1. The summed E-state index contributed by atoms with van der Waals surface area (Å²) < 4.78 is 2.36. The molecule has 0 aliphatic carbocycles. The molecule has 1 N–H and O–H groups in total. The van der Waals surface area contributed by atoms with Gasteiger partial charge in [-0.05, 0) is 45.2 Å². The van der Waals surface area contributed by atoms with Gasteiger partial charge >= 0.3 is 0 Å². The van der Waals surface area contributed by atoms with Crippen molar-refractivity contribution < 1.29 is 4.79 Å². The number of tetrazole rings is 1. The Morgan fingerprint density at radius 2 is 2.25 bits per heavy atom. The molecule has 0 unspecified atom stereocenters. The van der Waals surface area contributed by atoms with Crippen LogP contribution in [-0.2, 0) is 11.3 Å². The molecule has 0 atom stereocenters. The Balaban J connectivity index is 2.00. The van der Waals surface area contributed by atoms with E-state index >= 15 is 0 Å². The zero-order chi connectivity index (χ0) is 11.4. The Bertz CT molecular complexity index is 484. The van der Waals surface area contributed by atoms with Gasteiger partial charge in [0.1, 0.15) is 12.9 Å². The van der Waals surface area contributed by atoms with Crippen molar-refractivity contribution in [2.24, 2.45) is 0 Å². The SMILES string of the molecule is O=C(Cn1cnnn1)Nc1ccccc1I. The molecule has 7 heteroatoms. The molecule has 0 fully saturated rings. The molecule has 0 radical (unpaired) electrons. The second-order valence-electron chi connectivity index (χ2n) is 3.04. The maximum Gasteiger partial charge on any atom is 0.246 e. The maximum atomic E-state index is 11.6. The fourth-order valence-corrected chi connectivity index (χ4v) is 1.67. The molecule has 1 heterocycles. The van der Waals surface area contributed by atoms with Crippen LogP contribution in [0.15, 0.2) is 30.6 Å². The van der Waals surface area contributed by atoms with Gasteiger partial charge in [-0.25, -0.2) is 4.68 Å². The first kappa shape index (κ1) is 11.0. The van der Waals surface area contributed by atoms with Crippen LogP contribution in [0.5, 0.6) is 0 Å². The first-order chi connectivity index (χ1) is 7.75. The summed E-state index contributed by atoms with van der Waals surface area (Å²) in [5.41, 5.74) is 0.793. The Kier molecular flexibility index (Phi) is 3.44. The van der Waals surface area contributed by atoms with E-state index in [1.54, 1.807) is 0 Å². The van der Waals surface area contributed by atoms with E-state index in [4.69, 9.17) is 0 Å². The topological polar surface area (TPSA) is 72.7 Å². The molecule has 1 amide bonds. The van der Waals surface area contributed by atoms with Crippen molar-refractivity contribution in [2.75, 3.05) is 5.32 Å². The molecule has 2 rings (SSSR count). The van der Waals surface area contributed by atoms with Crippen molar-refractivity contribution in [3.8, 4) is 0 Å². The Labute approximate surface area is 105 Å². The third-order valence-electron chi connectivity index (χ3n) is 1.85. The highest BCUT2D eigenvalue weighted by atomic mass is 127. The van der Waals surface area contributed by atoms with E-state index in [0.29, 0.717) is 0 Å². The molecule has 0 saturated carbocycles. The summed E-state index contributed by atoms with van der Waals surface area (Å²) in [7, 11) is 0. The number of hydrogen-bond donors (Lipinski definition) is 1. The number of anilines is 1. The van der Waals surface area contributed by atoms with Crippen LogP contribution in [0.3, 0.4) is 0 Å². The van der Waals surface area contributed by atoms with Gasteiger partial charge in [0.25, 0.3) is 0 Å². The molecule has 1 aromatic carbocycles. The van der Waals surface area contributed by atoms with Crippen molar-refractivity contribution in [1.29, 1.82) is 0 Å². The van der Waals surface area contributed by atoms with E-state index < -0.39 is 0 Å². The largest absolute Gasteiger partial charge is 0.324 e. The van der Waals surface area contributed by atoms with Gasteiger partial charge < -0.3 is 5.32 Å². The standard InChI is InChI=1S/C9H8IN5O/c10-7-3-1-2-4-8(7)12-9(16)5-15-6-11-13-14-15/h1-4,6H,5H2,(H,12,16). The van der Waals surface area contributed by atoms with Crippen LogP contribution >= 0.6 is 22.6 Å². The number of nitrogens with one attached hydrogen (secondary N) is 1. The van der Waals surface area contributed by atoms with Gasteiger partial charge in [-0.3, -0.25) is 4.79 Å². The monoisotopic (exact) mass is 329 g/mol. The molecule has 0 aliphatic rings. The van der Waals surface area contributed by atoms with Gasteiger partial charge in [-0.1, -0.05) is 12.1 Å². The second-order valence-corrected chi connectivity index (χ2v) is 4.20. The van der Waals surface area contributed by atoms with E-state index in [0.717, 1.165) is 9.26 Å². The smallest absolute Gasteiger partial charge is 0.246 e. The van der Waals surface area contributed by atoms with Crippen molar-refractivity contribution in [3.05, 3.63) is 34.2 Å². The number of hydrogen-bond acceptors (Lipinski definition) is 4. The van der Waals surface area contributed by atoms with Crippen LogP contribution in [0.25, 0.3) is 0 Å². The van der Waals surface area contributed by atoms with Crippen molar-refractivity contribution in [2.45, 2.75) is 6.54 Å². The fraction of sp³-hybridized carbons (Fsp3) is 0.111. The van der Waals surface area contributed by atoms with E-state index in [9.17, 15) is 4.79 Å². The summed E-state index contributed by atoms with van der Waals surface area (Å²) in [5, 5.41) is 13.3. The lowest BCUT2D eigenvalue weighted by Crippen LogP contribution is -2.19. The van der Waals surface area contributed by atoms with Crippen LogP contribution in [0.4, 0.5) is 5.69 Å². The van der Waals surface area contributed by atoms with Crippen molar-refractivity contribution >= 4 is 34.2 Å². The number of nitrogens with zero attached hydrogens (tertiary/aromatic N) is 4. The predicted molar refractivity (Wildman–Crippen MR) is 65.6 cm³/mol. The molecule has 0 spiro atoms. The van der Waals surface area contributed by atoms with Crippen molar-refractivity contribution in [3.63, 3.8) is 0 Å². The normalized spacial score (nSPS) is 10.1. The van der Waals surface area contributed by atoms with E-state index in [1.807, 2.05) is 24.3 Å². The van der Waals surface area contributed by atoms with Crippen LogP contribution in [0.2, 0.25) is 0 Å². The molecule has 0 saturated heterocycles. The van der Waals surface area contributed by atoms with Crippen molar-refractivity contribution in [1.82, 2.24) is 20.2 Å². The maximum absolute atomic E-state index is 11.6. The number of rotatable bonds is 3. The number of carbonyl (C=O) groups excluding carboxylic acids is 1. The molecule has 82 valence electrons. The Morgan fingerprint density at radius 3 is 2.94 bits per heavy atom. The zero-order valence-electron chi connectivity index (χ0n) is 8.17. The lowest BCUT2D eigenvalue weighted by Gasteiger charge is -2.06. The van der Waals surface area contributed by atoms with Crippen LogP contribution in [0.1, 0.15) is 0 Å². The first-order valence-electron chi connectivity index (χ1n) is 4.51. The summed E-state index contributed by atoms with van der Waals surface area (Å²) in [4.78, 5) is 11.6. The molecule has 16 heavy (non-hydrogen) atoms. The molecular formula is C9H8IN5O. The summed E-state index contributed by atoms with van der Waals surface area (Å²) in [6.45, 7) is 0.109. The zero-order valence-corrected chi connectivity index (χ0v) is 10.3. The highest BCUT2D eigenvalue weighted by Crippen LogP contribution is 2.16. The second kappa shape index (κ2) is 5.01. The fourth-order valence-electron chi connectivity index (χ4n) is 1.15. The lowest BCUT2D eigenvalue weighted by atomic mass is 10.3. The molecular weight excluding hydrogens is 321 g/mol. The third-order valence-corrected chi connectivity index (χ3v) is 2.79. The average Bonchev–Trinajstić information content (AvgIpc) is 2.74. The Morgan fingerprint density at radius 1 is 1.44 bits per heavy atom. The summed E-state index contributed by atoms with van der Waals surface area (Å²) in [5.74, 6) is -0.156. The highest BCUT2D eigenvalue weighted by Gasteiger charge is 2.06. The minimum atomic E-state index is -0.156.